The molecule has 1 heterocycles. The summed E-state index contributed by atoms with van der Waals surface area (Å²) in [6, 6.07) is 2.06. The van der Waals surface area contributed by atoms with Crippen molar-refractivity contribution < 1.29 is 28.6 Å². The molecular weight excluding hydrogens is 354 g/mol. The van der Waals surface area contributed by atoms with Crippen LogP contribution >= 0.6 is 0 Å². The topological polar surface area (TPSA) is 121 Å². The lowest BCUT2D eigenvalue weighted by molar-refractivity contribution is -0.146. The smallest absolute Gasteiger partial charge is 0.329 e. The summed E-state index contributed by atoms with van der Waals surface area (Å²) >= 11 is 0. The lowest BCUT2D eigenvalue weighted by atomic mass is 10.1. The first-order chi connectivity index (χ1) is 13.0. The molecule has 27 heavy (non-hydrogen) atoms. The molecule has 1 aliphatic rings. The highest BCUT2D eigenvalue weighted by Gasteiger charge is 2.30. The molecule has 1 aliphatic carbocycles. The molecule has 2 N–H and O–H groups in total. The van der Waals surface area contributed by atoms with Crippen LogP contribution in [0.5, 0.6) is 5.88 Å². The van der Waals surface area contributed by atoms with Crippen LogP contribution in [0.2, 0.25) is 0 Å². The van der Waals surface area contributed by atoms with Crippen LogP contribution in [0, 0.1) is 0 Å². The Morgan fingerprint density at radius 3 is 2.59 bits per heavy atom. The van der Waals surface area contributed by atoms with E-state index in [-0.39, 0.29) is 43.9 Å². The van der Waals surface area contributed by atoms with Crippen molar-refractivity contribution in [2.24, 2.45) is 0 Å². The van der Waals surface area contributed by atoms with Gasteiger partial charge in [-0.05, 0) is 45.2 Å². The predicted octanol–water partition coefficient (Wildman–Crippen LogP) is 1.44. The monoisotopic (exact) mass is 379 g/mol. The summed E-state index contributed by atoms with van der Waals surface area (Å²) in [4.78, 5) is 41.2. The molecule has 1 amide bonds. The van der Waals surface area contributed by atoms with Crippen molar-refractivity contribution in [1.82, 2.24) is 4.98 Å². The van der Waals surface area contributed by atoms with Crippen molar-refractivity contribution in [3.05, 3.63) is 12.1 Å². The summed E-state index contributed by atoms with van der Waals surface area (Å²) in [5.41, 5.74) is 6.22. The van der Waals surface area contributed by atoms with Crippen molar-refractivity contribution in [2.75, 3.05) is 23.8 Å². The molecule has 1 fully saturated rings. The number of nitrogen functional groups attached to an aromatic ring is 1. The van der Waals surface area contributed by atoms with Gasteiger partial charge in [0, 0.05) is 6.42 Å². The number of hydrogen-bond acceptors (Lipinski definition) is 8. The van der Waals surface area contributed by atoms with Gasteiger partial charge in [-0.15, -0.1) is 0 Å². The standard InChI is InChI=1S/C18H25N3O6/c1-3-25-16(23)10-8-14(18(24)26-4-2)21(11-22)15-9-7-13(19)17(20-15)27-12-5-6-12/h7,9,11-12,14H,3-6,8,10,19H2,1-2H3. The zero-order chi connectivity index (χ0) is 19.8. The average Bonchev–Trinajstić information content (AvgIpc) is 3.45. The maximum Gasteiger partial charge on any atom is 0.329 e. The second-order valence-corrected chi connectivity index (χ2v) is 6.01. The van der Waals surface area contributed by atoms with Gasteiger partial charge in [0.15, 0.2) is 0 Å². The zero-order valence-corrected chi connectivity index (χ0v) is 15.6. The summed E-state index contributed by atoms with van der Waals surface area (Å²) in [5.74, 6) is -0.676. The third kappa shape index (κ3) is 5.83. The molecule has 2 rings (SSSR count). The second-order valence-electron chi connectivity index (χ2n) is 6.01. The second kappa shape index (κ2) is 9.75. The summed E-state index contributed by atoms with van der Waals surface area (Å²) in [7, 11) is 0. The van der Waals surface area contributed by atoms with Crippen molar-refractivity contribution in [3.8, 4) is 5.88 Å². The van der Waals surface area contributed by atoms with Gasteiger partial charge in [-0.2, -0.15) is 4.98 Å². The number of esters is 2. The van der Waals surface area contributed by atoms with Crippen molar-refractivity contribution in [3.63, 3.8) is 0 Å². The Balaban J connectivity index is 2.22. The molecule has 9 nitrogen and oxygen atoms in total. The zero-order valence-electron chi connectivity index (χ0n) is 15.6. The SMILES string of the molecule is CCOC(=O)CCC(C(=O)OCC)N(C=O)c1ccc(N)c(OC2CC2)n1. The van der Waals surface area contributed by atoms with Crippen LogP contribution in [0.25, 0.3) is 0 Å². The molecule has 1 unspecified atom stereocenters. The summed E-state index contributed by atoms with van der Waals surface area (Å²) < 4.78 is 15.6. The van der Waals surface area contributed by atoms with E-state index in [9.17, 15) is 14.4 Å². The van der Waals surface area contributed by atoms with E-state index in [1.807, 2.05) is 0 Å². The fourth-order valence-electron chi connectivity index (χ4n) is 2.41. The van der Waals surface area contributed by atoms with Crippen molar-refractivity contribution >= 4 is 29.9 Å². The van der Waals surface area contributed by atoms with E-state index in [4.69, 9.17) is 19.9 Å². The highest BCUT2D eigenvalue weighted by molar-refractivity contribution is 5.89. The van der Waals surface area contributed by atoms with Crippen molar-refractivity contribution in [2.45, 2.75) is 51.7 Å². The van der Waals surface area contributed by atoms with Crippen LogP contribution in [-0.4, -0.2) is 48.7 Å². The van der Waals surface area contributed by atoms with E-state index in [2.05, 4.69) is 4.98 Å². The predicted molar refractivity (Wildman–Crippen MR) is 97.1 cm³/mol. The number of pyridine rings is 1. The van der Waals surface area contributed by atoms with Crippen molar-refractivity contribution in [1.29, 1.82) is 0 Å². The number of nitrogens with zero attached hydrogens (tertiary/aromatic N) is 2. The fourth-order valence-corrected chi connectivity index (χ4v) is 2.41. The minimum Gasteiger partial charge on any atom is -0.473 e. The number of aromatic nitrogens is 1. The van der Waals surface area contributed by atoms with Crippen LogP contribution in [0.15, 0.2) is 12.1 Å². The minimum absolute atomic E-state index is 0.0396. The Hall–Kier alpha value is -2.84. The lowest BCUT2D eigenvalue weighted by Gasteiger charge is -2.26. The number of ether oxygens (including phenoxy) is 3. The Bertz CT molecular complexity index is 677. The number of nitrogens with two attached hydrogens (primary N) is 1. The minimum atomic E-state index is -1.02. The fraction of sp³-hybridized carbons (Fsp3) is 0.556. The number of rotatable bonds is 11. The molecule has 9 heteroatoms. The molecule has 1 saturated carbocycles. The van der Waals surface area contributed by atoms with Gasteiger partial charge < -0.3 is 19.9 Å². The quantitative estimate of drug-likeness (QED) is 0.453. The maximum absolute atomic E-state index is 12.4. The Morgan fingerprint density at radius 1 is 1.30 bits per heavy atom. The van der Waals surface area contributed by atoms with Gasteiger partial charge >= 0.3 is 11.9 Å². The summed E-state index contributed by atoms with van der Waals surface area (Å²) in [5, 5.41) is 0. The van der Waals surface area contributed by atoms with Gasteiger partial charge in [0.1, 0.15) is 18.0 Å². The molecule has 0 aliphatic heterocycles. The van der Waals surface area contributed by atoms with E-state index in [1.165, 1.54) is 6.07 Å². The first kappa shape index (κ1) is 20.5. The van der Waals surface area contributed by atoms with Crippen LogP contribution < -0.4 is 15.4 Å². The van der Waals surface area contributed by atoms with E-state index < -0.39 is 18.0 Å². The molecule has 0 saturated heterocycles. The van der Waals surface area contributed by atoms with Crippen LogP contribution in [0.1, 0.15) is 39.5 Å². The molecule has 148 valence electrons. The van der Waals surface area contributed by atoms with E-state index in [1.54, 1.807) is 19.9 Å². The molecule has 0 aromatic carbocycles. The number of hydrogen-bond donors (Lipinski definition) is 1. The van der Waals surface area contributed by atoms with E-state index >= 15 is 0 Å². The van der Waals surface area contributed by atoms with Gasteiger partial charge in [0.25, 0.3) is 0 Å². The van der Waals surface area contributed by atoms with Crippen LogP contribution in [-0.2, 0) is 23.9 Å². The first-order valence-corrected chi connectivity index (χ1v) is 8.99. The van der Waals surface area contributed by atoms with E-state index in [0.717, 1.165) is 17.7 Å². The maximum atomic E-state index is 12.4. The first-order valence-electron chi connectivity index (χ1n) is 8.99. The summed E-state index contributed by atoms with van der Waals surface area (Å²) in [6.07, 6.45) is 2.40. The number of carbonyl (C=O) groups excluding carboxylic acids is 3. The molecule has 1 aromatic heterocycles. The number of carbonyl (C=O) groups is 3. The Kier molecular flexibility index (Phi) is 7.39. The normalized spacial score (nSPS) is 14.1. The average molecular weight is 379 g/mol. The Morgan fingerprint density at radius 2 is 2.00 bits per heavy atom. The van der Waals surface area contributed by atoms with Gasteiger partial charge in [0.05, 0.1) is 18.9 Å². The third-order valence-electron chi connectivity index (χ3n) is 3.88. The Labute approximate surface area is 157 Å². The molecular formula is C18H25N3O6. The number of anilines is 2. The molecule has 0 radical (unpaired) electrons. The molecule has 0 bridgehead atoms. The van der Waals surface area contributed by atoms with Gasteiger partial charge in [0.2, 0.25) is 12.3 Å². The van der Waals surface area contributed by atoms with E-state index in [0.29, 0.717) is 12.1 Å². The molecule has 1 aromatic rings. The summed E-state index contributed by atoms with van der Waals surface area (Å²) in [6.45, 7) is 3.74. The van der Waals surface area contributed by atoms with Crippen LogP contribution in [0.4, 0.5) is 11.5 Å². The largest absolute Gasteiger partial charge is 0.473 e. The highest BCUT2D eigenvalue weighted by atomic mass is 16.5. The van der Waals surface area contributed by atoms with Gasteiger partial charge in [-0.1, -0.05) is 0 Å². The van der Waals surface area contributed by atoms with Gasteiger partial charge in [-0.25, -0.2) is 4.79 Å². The lowest BCUT2D eigenvalue weighted by Crippen LogP contribution is -2.42. The highest BCUT2D eigenvalue weighted by Crippen LogP contribution is 2.31. The third-order valence-corrected chi connectivity index (χ3v) is 3.88. The van der Waals surface area contributed by atoms with Crippen LogP contribution in [0.3, 0.4) is 0 Å². The molecule has 0 spiro atoms. The van der Waals surface area contributed by atoms with Gasteiger partial charge in [-0.3, -0.25) is 14.5 Å². The number of amides is 1. The molecule has 1 atom stereocenters.